The third kappa shape index (κ3) is 5.30. The van der Waals surface area contributed by atoms with Crippen LogP contribution in [-0.2, 0) is 32.1 Å². The first-order valence-electron chi connectivity index (χ1n) is 21.7. The van der Waals surface area contributed by atoms with Crippen LogP contribution in [0, 0.1) is 58.7 Å². The highest BCUT2D eigenvalue weighted by Crippen LogP contribution is 2.75. The topological polar surface area (TPSA) is 125 Å². The Balaban J connectivity index is 1.26. The molecule has 3 saturated carbocycles. The number of aromatic nitrogens is 2. The Morgan fingerprint density at radius 1 is 0.982 bits per heavy atom. The fraction of sp³-hybridized carbons (Fsp3) is 0.653. The number of ketones is 2. The number of carbonyl (C=O) groups is 3. The average Bonchev–Trinajstić information content (AvgIpc) is 3.37. The largest absolute Gasteiger partial charge is 0.392 e. The summed E-state index contributed by atoms with van der Waals surface area (Å²) in [6.45, 7) is 22.0. The highest BCUT2D eigenvalue weighted by molar-refractivity contribution is 6.02. The number of H-pyrrole nitrogens is 1. The van der Waals surface area contributed by atoms with Crippen molar-refractivity contribution in [2.24, 2.45) is 44.8 Å². The van der Waals surface area contributed by atoms with Crippen LogP contribution in [0.5, 0.6) is 0 Å². The minimum absolute atomic E-state index is 0.124. The number of epoxide rings is 1. The lowest BCUT2D eigenvalue weighted by molar-refractivity contribution is -0.220. The number of fused-ring (bicyclic) bond motifs is 4. The van der Waals surface area contributed by atoms with Crippen molar-refractivity contribution >= 4 is 28.9 Å². The monoisotopic (exact) mass is 776 g/mol. The molecule has 0 radical (unpaired) electrons. The van der Waals surface area contributed by atoms with E-state index in [-0.39, 0.29) is 29.1 Å². The van der Waals surface area contributed by atoms with Crippen LogP contribution in [0.1, 0.15) is 134 Å². The molecule has 1 saturated heterocycles. The van der Waals surface area contributed by atoms with Crippen LogP contribution in [0.15, 0.2) is 41.7 Å². The van der Waals surface area contributed by atoms with E-state index in [1.54, 1.807) is 0 Å². The van der Waals surface area contributed by atoms with Crippen molar-refractivity contribution in [3.8, 4) is 0 Å². The first-order valence-corrected chi connectivity index (χ1v) is 21.7. The maximum absolute atomic E-state index is 15.1. The van der Waals surface area contributed by atoms with Crippen LogP contribution in [0.25, 0.3) is 11.0 Å². The number of rotatable bonds is 6. The first kappa shape index (κ1) is 39.1. The quantitative estimate of drug-likeness (QED) is 0.170. The third-order valence-electron chi connectivity index (χ3n) is 17.6. The van der Waals surface area contributed by atoms with Crippen molar-refractivity contribution in [1.29, 1.82) is 0 Å². The molecule has 0 spiro atoms. The van der Waals surface area contributed by atoms with E-state index in [1.807, 2.05) is 13.8 Å². The van der Waals surface area contributed by atoms with Crippen molar-refractivity contribution in [3.05, 3.63) is 69.6 Å². The number of Topliss-reactive ketones (excluding diaryl/α,β-unsaturated/α-hetero) is 2. The van der Waals surface area contributed by atoms with Gasteiger partial charge in [-0.15, -0.1) is 0 Å². The third-order valence-corrected chi connectivity index (χ3v) is 17.6. The second-order valence-corrected chi connectivity index (χ2v) is 21.7. The van der Waals surface area contributed by atoms with Gasteiger partial charge < -0.3 is 29.3 Å². The molecule has 0 amide bonds. The smallest absolute Gasteiger partial charge is 0.160 e. The number of aryl methyl sites for hydroxylation is 3. The molecule has 3 aromatic rings. The summed E-state index contributed by atoms with van der Waals surface area (Å²) >= 11 is 0. The molecule has 4 heterocycles. The van der Waals surface area contributed by atoms with E-state index in [4.69, 9.17) is 4.74 Å². The van der Waals surface area contributed by atoms with Gasteiger partial charge in [0.05, 0.1) is 34.8 Å². The van der Waals surface area contributed by atoms with Crippen LogP contribution in [0.4, 0.5) is 0 Å². The van der Waals surface area contributed by atoms with Crippen molar-refractivity contribution in [2.45, 2.75) is 157 Å². The van der Waals surface area contributed by atoms with Gasteiger partial charge in [0.25, 0.3) is 0 Å². The Bertz CT molecular complexity index is 2240. The van der Waals surface area contributed by atoms with Crippen molar-refractivity contribution in [1.82, 2.24) is 9.55 Å². The summed E-state index contributed by atoms with van der Waals surface area (Å²) in [6, 6.07) is 6.33. The summed E-state index contributed by atoms with van der Waals surface area (Å²) in [4.78, 5) is 45.4. The van der Waals surface area contributed by atoms with Crippen LogP contribution >= 0.6 is 0 Å². The molecule has 4 fully saturated rings. The number of carbonyl (C=O) groups excluding carboxylic acids is 3. The summed E-state index contributed by atoms with van der Waals surface area (Å²) in [7, 11) is 0. The molecule has 8 heteroatoms. The number of aldehydes is 1. The highest BCUT2D eigenvalue weighted by Gasteiger charge is 2.72. The van der Waals surface area contributed by atoms with E-state index in [0.717, 1.165) is 75.5 Å². The Hall–Kier alpha value is -3.33. The van der Waals surface area contributed by atoms with Crippen molar-refractivity contribution in [3.63, 3.8) is 0 Å². The van der Waals surface area contributed by atoms with Gasteiger partial charge in [0.1, 0.15) is 18.2 Å². The van der Waals surface area contributed by atoms with Gasteiger partial charge in [0, 0.05) is 59.7 Å². The molecular weight excluding hydrogens is 713 g/mol. The normalized spacial score (nSPS) is 39.0. The molecule has 2 aliphatic heterocycles. The lowest BCUT2D eigenvalue weighted by atomic mass is 9.34. The molecule has 3 N–H and O–H groups in total. The van der Waals surface area contributed by atoms with Gasteiger partial charge in [0.2, 0.25) is 0 Å². The molecule has 11 atom stereocenters. The zero-order chi connectivity index (χ0) is 41.0. The van der Waals surface area contributed by atoms with E-state index in [0.29, 0.717) is 44.4 Å². The summed E-state index contributed by atoms with van der Waals surface area (Å²) < 4.78 is 8.28. The number of nitrogens with one attached hydrogen (secondary N) is 1. The maximum Gasteiger partial charge on any atom is 0.160 e. The summed E-state index contributed by atoms with van der Waals surface area (Å²) in [5.41, 5.74) is 6.24. The zero-order valence-corrected chi connectivity index (χ0v) is 35.8. The number of aliphatic hydroxyl groups excluding tert-OH is 2. The minimum Gasteiger partial charge on any atom is -0.392 e. The molecular formula is C49H64N2O6. The van der Waals surface area contributed by atoms with Gasteiger partial charge in [-0.05, 0) is 111 Å². The van der Waals surface area contributed by atoms with Gasteiger partial charge in [0.15, 0.2) is 5.78 Å². The molecule has 4 aliphatic carbocycles. The lowest BCUT2D eigenvalue weighted by Crippen LogP contribution is -2.67. The van der Waals surface area contributed by atoms with Gasteiger partial charge in [-0.25, -0.2) is 0 Å². The predicted molar refractivity (Wildman–Crippen MR) is 221 cm³/mol. The number of hydrogen-bond acceptors (Lipinski definition) is 6. The first-order chi connectivity index (χ1) is 26.6. The number of benzene rings is 1. The maximum atomic E-state index is 15.1. The van der Waals surface area contributed by atoms with Crippen molar-refractivity contribution < 1.29 is 29.3 Å². The summed E-state index contributed by atoms with van der Waals surface area (Å²) in [5.74, 6) is -0.436. The number of nitrogens with zero attached hydrogens (tertiary/aromatic N) is 1. The molecule has 6 aliphatic rings. The molecule has 2 aromatic heterocycles. The van der Waals surface area contributed by atoms with Crippen LogP contribution < -0.4 is 0 Å². The molecule has 57 heavy (non-hydrogen) atoms. The van der Waals surface area contributed by atoms with Crippen LogP contribution in [-0.4, -0.2) is 61.5 Å². The van der Waals surface area contributed by atoms with Gasteiger partial charge in [-0.2, -0.15) is 0 Å². The molecule has 306 valence electrons. The second kappa shape index (κ2) is 12.4. The number of hydrogen-bond donors (Lipinski definition) is 3. The van der Waals surface area contributed by atoms with Crippen LogP contribution in [0.3, 0.4) is 0 Å². The summed E-state index contributed by atoms with van der Waals surface area (Å²) in [6.07, 6.45) is 8.47. The van der Waals surface area contributed by atoms with Crippen molar-refractivity contribution in [2.75, 3.05) is 0 Å². The fourth-order valence-corrected chi connectivity index (χ4v) is 14.7. The Kier molecular flexibility index (Phi) is 8.49. The molecule has 8 nitrogen and oxygen atoms in total. The van der Waals surface area contributed by atoms with E-state index in [2.05, 4.69) is 95.5 Å². The van der Waals surface area contributed by atoms with E-state index in [9.17, 15) is 19.8 Å². The molecule has 0 bridgehead atoms. The minimum atomic E-state index is -0.778. The van der Waals surface area contributed by atoms with Crippen LogP contribution in [0.2, 0.25) is 0 Å². The zero-order valence-electron chi connectivity index (χ0n) is 35.8. The van der Waals surface area contributed by atoms with Gasteiger partial charge >= 0.3 is 0 Å². The second-order valence-electron chi connectivity index (χ2n) is 21.7. The molecule has 11 unspecified atom stereocenters. The lowest BCUT2D eigenvalue weighted by Gasteiger charge is -2.70. The predicted octanol–water partition coefficient (Wildman–Crippen LogP) is 8.49. The highest BCUT2D eigenvalue weighted by atomic mass is 16.6. The average molecular weight is 777 g/mol. The number of allylic oxidation sites excluding steroid dienone is 1. The SMILES string of the molecule is Cc1cc(C)cc(C(C=O)c2cn3c4c(c[nH]c24)CCC(C)(CC(O)C2OC2(C)C)C2=C4C(C3)C(O)C3C5(C)CCC(=O)C(C)(C)C5CCC3(C)C4(C)CC2=O)c1. The summed E-state index contributed by atoms with van der Waals surface area (Å²) in [5, 5.41) is 25.3. The van der Waals surface area contributed by atoms with Gasteiger partial charge in [-0.1, -0.05) is 70.9 Å². The Morgan fingerprint density at radius 3 is 2.32 bits per heavy atom. The number of aliphatic hydroxyl groups is 2. The van der Waals surface area contributed by atoms with E-state index < -0.39 is 51.3 Å². The molecule has 1 aromatic carbocycles. The van der Waals surface area contributed by atoms with E-state index >= 15 is 4.79 Å². The standard InChI is InChI=1S/C49H64N2O6/c1-26-17-27(2)19-29(18-26)32(25-52)30-23-51-24-31-37-38(46(7,20-34(54)43-45(5,6)57-43)14-11-28-22-50-39(30)40(28)51)33(53)21-49(37,10)48(9)16-12-35-44(3,4)36(55)13-15-47(35,8)42(48)41(31)56/h17-19,22-23,25,31-32,34-35,41-43,50,54,56H,11-16,20-21,24H2,1-10H3. The number of aromatic amines is 1. The molecule has 9 rings (SSSR count). The Labute approximate surface area is 338 Å². The van der Waals surface area contributed by atoms with E-state index in [1.165, 1.54) is 0 Å². The van der Waals surface area contributed by atoms with Gasteiger partial charge in [-0.3, -0.25) is 9.59 Å². The fourth-order valence-electron chi connectivity index (χ4n) is 14.7. The Morgan fingerprint density at radius 2 is 1.67 bits per heavy atom. The number of ether oxygens (including phenoxy) is 1.